The predicted octanol–water partition coefficient (Wildman–Crippen LogP) is 2.00. The van der Waals surface area contributed by atoms with Gasteiger partial charge in [-0.1, -0.05) is 6.92 Å². The molecular weight excluding hydrogens is 330 g/mol. The summed E-state index contributed by atoms with van der Waals surface area (Å²) in [5.41, 5.74) is 1.60. The van der Waals surface area contributed by atoms with Crippen molar-refractivity contribution >= 4 is 22.9 Å². The molecule has 0 aromatic carbocycles. The molecule has 0 bridgehead atoms. The Balaban J connectivity index is 1.90. The summed E-state index contributed by atoms with van der Waals surface area (Å²) < 4.78 is 2.03. The van der Waals surface area contributed by atoms with Crippen molar-refractivity contribution in [3.8, 4) is 0 Å². The Morgan fingerprint density at radius 3 is 2.88 bits per heavy atom. The minimum atomic E-state index is -0.0952. The van der Waals surface area contributed by atoms with Crippen LogP contribution < -0.4 is 4.90 Å². The molecule has 2 aromatic rings. The van der Waals surface area contributed by atoms with E-state index in [0.717, 1.165) is 23.4 Å². The molecule has 8 heteroatoms. The maximum absolute atomic E-state index is 12.2. The van der Waals surface area contributed by atoms with E-state index < -0.39 is 0 Å². The van der Waals surface area contributed by atoms with Crippen LogP contribution in [-0.2, 0) is 4.79 Å². The second kappa shape index (κ2) is 7.28. The zero-order chi connectivity index (χ0) is 18.8. The Labute approximate surface area is 153 Å². The van der Waals surface area contributed by atoms with Crippen molar-refractivity contribution in [3.63, 3.8) is 0 Å². The third-order valence-electron chi connectivity index (χ3n) is 5.21. The molecule has 0 saturated carbocycles. The van der Waals surface area contributed by atoms with Crippen LogP contribution in [0.3, 0.4) is 0 Å². The molecule has 8 nitrogen and oxygen atoms in total. The summed E-state index contributed by atoms with van der Waals surface area (Å²) in [6, 6.07) is 0.393. The average molecular weight is 355 g/mol. The number of anilines is 1. The third-order valence-corrected chi connectivity index (χ3v) is 5.21. The van der Waals surface area contributed by atoms with Gasteiger partial charge < -0.3 is 19.2 Å². The zero-order valence-electron chi connectivity index (χ0n) is 15.8. The van der Waals surface area contributed by atoms with E-state index >= 15 is 0 Å². The molecule has 1 aliphatic heterocycles. The number of carbonyl (C=O) groups excluding carboxylic acids is 1. The van der Waals surface area contributed by atoms with Gasteiger partial charge in [-0.05, 0) is 26.2 Å². The van der Waals surface area contributed by atoms with Crippen LogP contribution in [0.5, 0.6) is 0 Å². The van der Waals surface area contributed by atoms with Crippen LogP contribution in [-0.4, -0.2) is 63.0 Å². The molecule has 26 heavy (non-hydrogen) atoms. The van der Waals surface area contributed by atoms with Crippen LogP contribution in [0.2, 0.25) is 0 Å². The molecule has 1 amide bonds. The van der Waals surface area contributed by atoms with Crippen molar-refractivity contribution in [3.05, 3.63) is 24.1 Å². The molecular formula is C18H25N7O. The van der Waals surface area contributed by atoms with Gasteiger partial charge in [0.25, 0.3) is 6.54 Å². The minimum Gasteiger partial charge on any atom is -0.353 e. The summed E-state index contributed by atoms with van der Waals surface area (Å²) in [7, 11) is 2.00. The number of likely N-dealkylation sites (tertiary alicyclic amines) is 1. The lowest BCUT2D eigenvalue weighted by atomic mass is 9.92. The summed E-state index contributed by atoms with van der Waals surface area (Å²) >= 11 is 0. The second-order valence-corrected chi connectivity index (χ2v) is 7.22. The molecule has 1 saturated heterocycles. The van der Waals surface area contributed by atoms with Crippen molar-refractivity contribution in [1.29, 1.82) is 0 Å². The van der Waals surface area contributed by atoms with E-state index in [1.807, 2.05) is 11.6 Å². The van der Waals surface area contributed by atoms with Crippen LogP contribution in [0.25, 0.3) is 16.0 Å². The van der Waals surface area contributed by atoms with E-state index in [1.54, 1.807) is 17.6 Å². The lowest BCUT2D eigenvalue weighted by Gasteiger charge is -2.41. The summed E-state index contributed by atoms with van der Waals surface area (Å²) in [5.74, 6) is 1.10. The van der Waals surface area contributed by atoms with Crippen molar-refractivity contribution < 1.29 is 4.79 Å². The molecule has 138 valence electrons. The highest BCUT2D eigenvalue weighted by Gasteiger charge is 2.33. The fourth-order valence-corrected chi connectivity index (χ4v) is 3.58. The van der Waals surface area contributed by atoms with Gasteiger partial charge in [0.15, 0.2) is 17.0 Å². The number of hydrogen-bond donors (Lipinski definition) is 0. The third kappa shape index (κ3) is 3.21. The highest BCUT2D eigenvalue weighted by molar-refractivity contribution is 5.83. The largest absolute Gasteiger partial charge is 0.353 e. The van der Waals surface area contributed by atoms with E-state index in [1.165, 1.54) is 0 Å². The highest BCUT2D eigenvalue weighted by Crippen LogP contribution is 2.29. The Morgan fingerprint density at radius 1 is 1.42 bits per heavy atom. The summed E-state index contributed by atoms with van der Waals surface area (Å²) in [5, 5.41) is 0. The van der Waals surface area contributed by atoms with Crippen LogP contribution in [0.4, 0.5) is 5.82 Å². The maximum atomic E-state index is 12.2. The minimum absolute atomic E-state index is 0.0820. The first-order valence-corrected chi connectivity index (χ1v) is 8.95. The van der Waals surface area contributed by atoms with Crippen molar-refractivity contribution in [2.24, 2.45) is 5.92 Å². The van der Waals surface area contributed by atoms with E-state index in [0.29, 0.717) is 19.0 Å². The zero-order valence-corrected chi connectivity index (χ0v) is 15.8. The number of nitrogens with zero attached hydrogens (tertiary/aromatic N) is 7. The number of rotatable bonds is 4. The van der Waals surface area contributed by atoms with E-state index in [9.17, 15) is 4.79 Å². The number of hydrogen-bond acceptors (Lipinski definition) is 5. The SMILES string of the molecule is [C-]#[N+]CC(=O)N1CC[C@@H](C)[C@@H](N(C)c2ncnc3c2ncn3C(C)C)C1. The molecule has 0 radical (unpaired) electrons. The van der Waals surface area contributed by atoms with E-state index in [2.05, 4.69) is 45.5 Å². The monoisotopic (exact) mass is 355 g/mol. The number of fused-ring (bicyclic) bond motifs is 1. The molecule has 2 aromatic heterocycles. The first-order chi connectivity index (χ1) is 12.4. The van der Waals surface area contributed by atoms with Gasteiger partial charge in [-0.2, -0.15) is 0 Å². The average Bonchev–Trinajstić information content (AvgIpc) is 3.06. The lowest BCUT2D eigenvalue weighted by Crippen LogP contribution is -2.53. The molecule has 0 spiro atoms. The fourth-order valence-electron chi connectivity index (χ4n) is 3.58. The smallest absolute Gasteiger partial charge is 0.302 e. The summed E-state index contributed by atoms with van der Waals surface area (Å²) in [6.07, 6.45) is 4.29. The number of likely N-dealkylation sites (N-methyl/N-ethyl adjacent to an activating group) is 1. The van der Waals surface area contributed by atoms with Crippen LogP contribution in [0, 0.1) is 12.5 Å². The van der Waals surface area contributed by atoms with Gasteiger partial charge in [0.05, 0.1) is 12.4 Å². The van der Waals surface area contributed by atoms with Gasteiger partial charge in [0.1, 0.15) is 6.33 Å². The summed E-state index contributed by atoms with van der Waals surface area (Å²) in [4.78, 5) is 32.7. The van der Waals surface area contributed by atoms with Gasteiger partial charge in [-0.25, -0.2) is 21.5 Å². The normalized spacial score (nSPS) is 20.4. The quantitative estimate of drug-likeness (QED) is 0.785. The standard InChI is InChI=1S/C18H25N7O/c1-12(2)25-11-22-16-17(20-10-21-18(16)25)23(5)14-9-24(7-6-13(14)3)15(26)8-19-4/h10-14H,6-9H2,1-3,5H3/t13-,14+/m1/s1. The molecule has 1 aliphatic rings. The second-order valence-electron chi connectivity index (χ2n) is 7.22. The molecule has 2 atom stereocenters. The van der Waals surface area contributed by atoms with Gasteiger partial charge >= 0.3 is 5.91 Å². The van der Waals surface area contributed by atoms with Gasteiger partial charge in [0.2, 0.25) is 0 Å². The number of carbonyl (C=O) groups is 1. The Bertz CT molecular complexity index is 838. The number of imidazole rings is 1. The molecule has 0 N–H and O–H groups in total. The van der Waals surface area contributed by atoms with Crippen LogP contribution >= 0.6 is 0 Å². The first-order valence-electron chi connectivity index (χ1n) is 8.95. The van der Waals surface area contributed by atoms with Crippen LogP contribution in [0.15, 0.2) is 12.7 Å². The van der Waals surface area contributed by atoms with Gasteiger partial charge in [-0.3, -0.25) is 4.79 Å². The van der Waals surface area contributed by atoms with E-state index in [-0.39, 0.29) is 24.5 Å². The van der Waals surface area contributed by atoms with Gasteiger partial charge in [0, 0.05) is 26.2 Å². The Kier molecular flexibility index (Phi) is 5.07. The highest BCUT2D eigenvalue weighted by atomic mass is 16.2. The molecule has 3 rings (SSSR count). The summed E-state index contributed by atoms with van der Waals surface area (Å²) in [6.45, 7) is 14.5. The Hall–Kier alpha value is -2.69. The number of aromatic nitrogens is 4. The first kappa shape index (κ1) is 18.1. The molecule has 3 heterocycles. The maximum Gasteiger partial charge on any atom is 0.302 e. The van der Waals surface area contributed by atoms with Crippen molar-refractivity contribution in [1.82, 2.24) is 24.4 Å². The van der Waals surface area contributed by atoms with Crippen molar-refractivity contribution in [2.75, 3.05) is 31.6 Å². The lowest BCUT2D eigenvalue weighted by molar-refractivity contribution is -0.130. The number of piperidine rings is 1. The Morgan fingerprint density at radius 2 is 2.19 bits per heavy atom. The van der Waals surface area contributed by atoms with Crippen molar-refractivity contribution in [2.45, 2.75) is 39.3 Å². The molecule has 0 unspecified atom stereocenters. The number of amides is 1. The topological polar surface area (TPSA) is 71.5 Å². The van der Waals surface area contributed by atoms with Gasteiger partial charge in [-0.15, -0.1) is 0 Å². The fraction of sp³-hybridized carbons (Fsp3) is 0.611. The molecule has 0 aliphatic carbocycles. The molecule has 1 fully saturated rings. The van der Waals surface area contributed by atoms with Crippen LogP contribution in [0.1, 0.15) is 33.2 Å². The van der Waals surface area contributed by atoms with E-state index in [4.69, 9.17) is 6.57 Å². The predicted molar refractivity (Wildman–Crippen MR) is 99.7 cm³/mol.